The minimum atomic E-state index is -5.00. The molecule has 0 aromatic rings. The number of methoxy groups -OCH3 is 1. The van der Waals surface area contributed by atoms with E-state index in [0.29, 0.717) is 0 Å². The molecule has 0 aliphatic heterocycles. The standard InChI is InChI=1S/C9H14F3NO3/c1-5(2)4-6(7(14)16-3)13-8(15)9(10,11)12/h5-6H,4H2,1-3H3,(H,13,15)/t6-/m0/s1. The van der Waals surface area contributed by atoms with Crippen molar-refractivity contribution in [1.82, 2.24) is 5.32 Å². The fraction of sp³-hybridized carbons (Fsp3) is 0.778. The molecule has 0 aliphatic carbocycles. The molecule has 0 aliphatic rings. The molecule has 7 heteroatoms. The van der Waals surface area contributed by atoms with Crippen LogP contribution in [0.15, 0.2) is 0 Å². The van der Waals surface area contributed by atoms with Gasteiger partial charge in [0.25, 0.3) is 0 Å². The van der Waals surface area contributed by atoms with Crippen molar-refractivity contribution >= 4 is 11.9 Å². The average Bonchev–Trinajstić information content (AvgIpc) is 2.13. The summed E-state index contributed by atoms with van der Waals surface area (Å²) >= 11 is 0. The Hall–Kier alpha value is -1.27. The van der Waals surface area contributed by atoms with Crippen LogP contribution >= 0.6 is 0 Å². The topological polar surface area (TPSA) is 55.4 Å². The van der Waals surface area contributed by atoms with Crippen molar-refractivity contribution in [2.45, 2.75) is 32.5 Å². The van der Waals surface area contributed by atoms with Crippen LogP contribution in [0.4, 0.5) is 13.2 Å². The predicted molar refractivity (Wildman–Crippen MR) is 49.5 cm³/mol. The van der Waals surface area contributed by atoms with Crippen LogP contribution in [0.1, 0.15) is 20.3 Å². The second-order valence-corrected chi connectivity index (χ2v) is 3.68. The third kappa shape index (κ3) is 4.99. The minimum absolute atomic E-state index is 0.0439. The predicted octanol–water partition coefficient (Wildman–Crippen LogP) is 1.25. The van der Waals surface area contributed by atoms with Gasteiger partial charge in [-0.3, -0.25) is 4.79 Å². The molecule has 0 aromatic carbocycles. The summed E-state index contributed by atoms with van der Waals surface area (Å²) in [7, 11) is 1.05. The van der Waals surface area contributed by atoms with Crippen LogP contribution in [0.25, 0.3) is 0 Å². The number of rotatable bonds is 4. The zero-order chi connectivity index (χ0) is 12.9. The molecule has 94 valence electrons. The number of hydrogen-bond donors (Lipinski definition) is 1. The summed E-state index contributed by atoms with van der Waals surface area (Å²) in [6, 6.07) is -1.26. The van der Waals surface area contributed by atoms with Gasteiger partial charge < -0.3 is 10.1 Å². The molecule has 0 unspecified atom stereocenters. The molecular formula is C9H14F3NO3. The highest BCUT2D eigenvalue weighted by molar-refractivity contribution is 5.87. The Bertz CT molecular complexity index is 263. The van der Waals surface area contributed by atoms with E-state index in [1.165, 1.54) is 0 Å². The van der Waals surface area contributed by atoms with Gasteiger partial charge in [-0.05, 0) is 12.3 Å². The summed E-state index contributed by atoms with van der Waals surface area (Å²) in [5, 5.41) is 1.60. The Balaban J connectivity index is 4.55. The number of amides is 1. The van der Waals surface area contributed by atoms with Crippen LogP contribution in [-0.4, -0.2) is 31.2 Å². The number of esters is 1. The monoisotopic (exact) mass is 241 g/mol. The lowest BCUT2D eigenvalue weighted by Crippen LogP contribution is -2.47. The van der Waals surface area contributed by atoms with E-state index in [9.17, 15) is 22.8 Å². The van der Waals surface area contributed by atoms with Gasteiger partial charge in [0.15, 0.2) is 0 Å². The van der Waals surface area contributed by atoms with E-state index < -0.39 is 24.1 Å². The van der Waals surface area contributed by atoms with Gasteiger partial charge in [0.2, 0.25) is 0 Å². The summed E-state index contributed by atoms with van der Waals surface area (Å²) in [6.07, 6.45) is -4.91. The highest BCUT2D eigenvalue weighted by atomic mass is 19.4. The van der Waals surface area contributed by atoms with E-state index in [4.69, 9.17) is 0 Å². The van der Waals surface area contributed by atoms with Gasteiger partial charge in [0, 0.05) is 0 Å². The first-order valence-corrected chi connectivity index (χ1v) is 4.64. The third-order valence-corrected chi connectivity index (χ3v) is 1.76. The average molecular weight is 241 g/mol. The molecular weight excluding hydrogens is 227 g/mol. The quantitative estimate of drug-likeness (QED) is 0.754. The lowest BCUT2D eigenvalue weighted by Gasteiger charge is -2.18. The van der Waals surface area contributed by atoms with E-state index in [-0.39, 0.29) is 12.3 Å². The highest BCUT2D eigenvalue weighted by Crippen LogP contribution is 2.16. The summed E-state index contributed by atoms with van der Waals surface area (Å²) in [5.41, 5.74) is 0. The Morgan fingerprint density at radius 2 is 1.81 bits per heavy atom. The number of halogens is 3. The van der Waals surface area contributed by atoms with E-state index >= 15 is 0 Å². The minimum Gasteiger partial charge on any atom is -0.467 e. The first-order chi connectivity index (χ1) is 7.18. The van der Waals surface area contributed by atoms with Crippen molar-refractivity contribution in [1.29, 1.82) is 0 Å². The van der Waals surface area contributed by atoms with Gasteiger partial charge in [-0.1, -0.05) is 13.8 Å². The number of carbonyl (C=O) groups excluding carboxylic acids is 2. The second kappa shape index (κ2) is 5.72. The molecule has 0 radical (unpaired) electrons. The van der Waals surface area contributed by atoms with Gasteiger partial charge in [0.1, 0.15) is 6.04 Å². The van der Waals surface area contributed by atoms with Gasteiger partial charge in [-0.2, -0.15) is 13.2 Å². The normalized spacial score (nSPS) is 13.4. The summed E-state index contributed by atoms with van der Waals surface area (Å²) in [5.74, 6) is -3.06. The van der Waals surface area contributed by atoms with E-state index in [1.54, 1.807) is 19.2 Å². The molecule has 4 nitrogen and oxygen atoms in total. The summed E-state index contributed by atoms with van der Waals surface area (Å²) in [6.45, 7) is 3.44. The fourth-order valence-electron chi connectivity index (χ4n) is 1.07. The second-order valence-electron chi connectivity index (χ2n) is 3.68. The largest absolute Gasteiger partial charge is 0.471 e. The lowest BCUT2D eigenvalue weighted by atomic mass is 10.0. The Morgan fingerprint density at radius 3 is 2.12 bits per heavy atom. The number of alkyl halides is 3. The molecule has 16 heavy (non-hydrogen) atoms. The molecule has 0 saturated carbocycles. The maximum absolute atomic E-state index is 12.0. The molecule has 1 amide bonds. The number of nitrogens with one attached hydrogen (secondary N) is 1. The zero-order valence-corrected chi connectivity index (χ0v) is 9.22. The fourth-order valence-corrected chi connectivity index (χ4v) is 1.07. The lowest BCUT2D eigenvalue weighted by molar-refractivity contribution is -0.175. The van der Waals surface area contributed by atoms with E-state index in [0.717, 1.165) is 7.11 Å². The van der Waals surface area contributed by atoms with Crippen LogP contribution in [0, 0.1) is 5.92 Å². The van der Waals surface area contributed by atoms with Crippen molar-refractivity contribution in [2.75, 3.05) is 7.11 Å². The van der Waals surface area contributed by atoms with Crippen LogP contribution < -0.4 is 5.32 Å². The molecule has 0 spiro atoms. The molecule has 0 heterocycles. The van der Waals surface area contributed by atoms with Gasteiger partial charge in [0.05, 0.1) is 7.11 Å². The van der Waals surface area contributed by atoms with Gasteiger partial charge >= 0.3 is 18.1 Å². The molecule has 0 fully saturated rings. The van der Waals surface area contributed by atoms with E-state index in [1.807, 2.05) is 0 Å². The van der Waals surface area contributed by atoms with Crippen molar-refractivity contribution in [3.05, 3.63) is 0 Å². The molecule has 0 saturated heterocycles. The SMILES string of the molecule is COC(=O)[C@H](CC(C)C)NC(=O)C(F)(F)F. The smallest absolute Gasteiger partial charge is 0.467 e. The van der Waals surface area contributed by atoms with Crippen LogP contribution in [0.3, 0.4) is 0 Å². The molecule has 0 bridgehead atoms. The number of carbonyl (C=O) groups is 2. The van der Waals surface area contributed by atoms with Crippen molar-refractivity contribution in [3.63, 3.8) is 0 Å². The Kier molecular flexibility index (Phi) is 5.26. The van der Waals surface area contributed by atoms with Gasteiger partial charge in [-0.25, -0.2) is 4.79 Å². The molecule has 1 N–H and O–H groups in total. The number of hydrogen-bond acceptors (Lipinski definition) is 3. The van der Waals surface area contributed by atoms with Gasteiger partial charge in [-0.15, -0.1) is 0 Å². The van der Waals surface area contributed by atoms with Crippen molar-refractivity contribution in [3.8, 4) is 0 Å². The maximum Gasteiger partial charge on any atom is 0.471 e. The highest BCUT2D eigenvalue weighted by Gasteiger charge is 2.41. The van der Waals surface area contributed by atoms with Crippen molar-refractivity contribution in [2.24, 2.45) is 5.92 Å². The molecule has 1 atom stereocenters. The van der Waals surface area contributed by atoms with Crippen LogP contribution in [0.5, 0.6) is 0 Å². The summed E-state index contributed by atoms with van der Waals surface area (Å²) in [4.78, 5) is 21.7. The van der Waals surface area contributed by atoms with Crippen molar-refractivity contribution < 1.29 is 27.5 Å². The van der Waals surface area contributed by atoms with E-state index in [2.05, 4.69) is 4.74 Å². The molecule has 0 aromatic heterocycles. The van der Waals surface area contributed by atoms with Crippen LogP contribution in [0.2, 0.25) is 0 Å². The summed E-state index contributed by atoms with van der Waals surface area (Å²) < 4.78 is 40.2. The first kappa shape index (κ1) is 14.7. The maximum atomic E-state index is 12.0. The number of ether oxygens (including phenoxy) is 1. The molecule has 0 rings (SSSR count). The first-order valence-electron chi connectivity index (χ1n) is 4.64. The zero-order valence-electron chi connectivity index (χ0n) is 9.22. The Labute approximate surface area is 91.1 Å². The van der Waals surface area contributed by atoms with Crippen LogP contribution in [-0.2, 0) is 14.3 Å². The third-order valence-electron chi connectivity index (χ3n) is 1.76. The Morgan fingerprint density at radius 1 is 1.31 bits per heavy atom.